The number of nitrogens with zero attached hydrogens (tertiary/aromatic N) is 2. The highest BCUT2D eigenvalue weighted by atomic mass is 32.2. The van der Waals surface area contributed by atoms with Crippen LogP contribution in [0.4, 0.5) is 4.79 Å². The Balaban J connectivity index is 2.76. The first-order chi connectivity index (χ1) is 9.02. The summed E-state index contributed by atoms with van der Waals surface area (Å²) in [5.74, 6) is 0.444. The third-order valence-corrected chi connectivity index (χ3v) is 5.04. The van der Waals surface area contributed by atoms with E-state index in [2.05, 4.69) is 6.92 Å². The van der Waals surface area contributed by atoms with Crippen molar-refractivity contribution in [1.82, 2.24) is 9.80 Å². The van der Waals surface area contributed by atoms with Crippen molar-refractivity contribution in [1.29, 1.82) is 0 Å². The molecule has 0 aromatic rings. The maximum Gasteiger partial charge on any atom is 0.327 e. The first kappa shape index (κ1) is 16.5. The molecule has 1 aliphatic heterocycles. The molecule has 1 rings (SSSR count). The number of carboxylic acid groups (broad SMARTS) is 1. The van der Waals surface area contributed by atoms with E-state index in [0.717, 1.165) is 18.6 Å². The fourth-order valence-electron chi connectivity index (χ4n) is 2.00. The van der Waals surface area contributed by atoms with Gasteiger partial charge in [-0.05, 0) is 12.7 Å². The molecule has 0 spiro atoms. The monoisotopic (exact) mass is 306 g/mol. The molecule has 110 valence electrons. The van der Waals surface area contributed by atoms with Gasteiger partial charge in [0.15, 0.2) is 0 Å². The Morgan fingerprint density at radius 1 is 1.53 bits per heavy atom. The number of rotatable bonds is 6. The van der Waals surface area contributed by atoms with E-state index >= 15 is 0 Å². The van der Waals surface area contributed by atoms with Crippen molar-refractivity contribution in [2.75, 3.05) is 31.4 Å². The molecule has 0 aliphatic carbocycles. The Kier molecular flexibility index (Phi) is 6.85. The number of carboxylic acids is 1. The zero-order valence-electron chi connectivity index (χ0n) is 11.7. The van der Waals surface area contributed by atoms with Crippen molar-refractivity contribution in [2.45, 2.75) is 31.2 Å². The summed E-state index contributed by atoms with van der Waals surface area (Å²) in [5, 5.41) is 9.24. The van der Waals surface area contributed by atoms with E-state index in [1.54, 1.807) is 40.4 Å². The standard InChI is InChI=1S/C12H22N2O3S2/c1-4-5-10-14(9(8-19-10)11(15)16)12(17)13(2)6-7-18-3/h9-10H,4-8H2,1-3H3,(H,15,16). The number of hydrogen-bond acceptors (Lipinski definition) is 4. The minimum Gasteiger partial charge on any atom is -0.480 e. The van der Waals surface area contributed by atoms with Gasteiger partial charge in [0.2, 0.25) is 0 Å². The number of carbonyl (C=O) groups is 2. The molecule has 1 N–H and O–H groups in total. The molecule has 0 aromatic heterocycles. The van der Waals surface area contributed by atoms with Crippen LogP contribution in [0.5, 0.6) is 0 Å². The van der Waals surface area contributed by atoms with Gasteiger partial charge < -0.3 is 10.0 Å². The molecule has 2 amide bonds. The minimum atomic E-state index is -0.905. The Bertz CT molecular complexity index is 328. The van der Waals surface area contributed by atoms with Crippen LogP contribution in [0.3, 0.4) is 0 Å². The van der Waals surface area contributed by atoms with Crippen molar-refractivity contribution in [3.8, 4) is 0 Å². The van der Waals surface area contributed by atoms with E-state index in [9.17, 15) is 14.7 Å². The summed E-state index contributed by atoms with van der Waals surface area (Å²) in [6.45, 7) is 2.70. The van der Waals surface area contributed by atoms with Crippen molar-refractivity contribution in [2.24, 2.45) is 0 Å². The second kappa shape index (κ2) is 7.89. The normalized spacial score (nSPS) is 22.6. The van der Waals surface area contributed by atoms with Crippen molar-refractivity contribution >= 4 is 35.5 Å². The third kappa shape index (κ3) is 4.21. The van der Waals surface area contributed by atoms with Crippen LogP contribution in [0.25, 0.3) is 0 Å². The highest BCUT2D eigenvalue weighted by Gasteiger charge is 2.42. The van der Waals surface area contributed by atoms with Gasteiger partial charge in [0.05, 0.1) is 5.37 Å². The summed E-state index contributed by atoms with van der Waals surface area (Å²) in [5.41, 5.74) is 0. The first-order valence-electron chi connectivity index (χ1n) is 6.39. The zero-order chi connectivity index (χ0) is 14.4. The SMILES string of the molecule is CCCC1SCC(C(=O)O)N1C(=O)N(C)CCSC. The van der Waals surface area contributed by atoms with E-state index < -0.39 is 12.0 Å². The largest absolute Gasteiger partial charge is 0.480 e. The van der Waals surface area contributed by atoms with Gasteiger partial charge in [-0.25, -0.2) is 9.59 Å². The number of carbonyl (C=O) groups excluding carboxylic acids is 1. The molecule has 1 saturated heterocycles. The third-order valence-electron chi connectivity index (χ3n) is 3.09. The Morgan fingerprint density at radius 3 is 2.74 bits per heavy atom. The molecule has 5 nitrogen and oxygen atoms in total. The van der Waals surface area contributed by atoms with Crippen LogP contribution in [0.2, 0.25) is 0 Å². The van der Waals surface area contributed by atoms with Gasteiger partial charge in [-0.15, -0.1) is 11.8 Å². The van der Waals surface area contributed by atoms with Crippen LogP contribution < -0.4 is 0 Å². The van der Waals surface area contributed by atoms with Crippen LogP contribution in [0, 0.1) is 0 Å². The lowest BCUT2D eigenvalue weighted by molar-refractivity contribution is -0.141. The maximum atomic E-state index is 12.4. The van der Waals surface area contributed by atoms with Gasteiger partial charge >= 0.3 is 12.0 Å². The van der Waals surface area contributed by atoms with Crippen LogP contribution in [-0.2, 0) is 4.79 Å². The van der Waals surface area contributed by atoms with Crippen LogP contribution in [0.15, 0.2) is 0 Å². The van der Waals surface area contributed by atoms with Gasteiger partial charge in [-0.1, -0.05) is 13.3 Å². The summed E-state index contributed by atoms with van der Waals surface area (Å²) < 4.78 is 0. The average molecular weight is 306 g/mol. The van der Waals surface area contributed by atoms with Crippen molar-refractivity contribution < 1.29 is 14.7 Å². The fraction of sp³-hybridized carbons (Fsp3) is 0.833. The van der Waals surface area contributed by atoms with Gasteiger partial charge in [-0.3, -0.25) is 4.90 Å². The van der Waals surface area contributed by atoms with E-state index in [-0.39, 0.29) is 11.4 Å². The quantitative estimate of drug-likeness (QED) is 0.813. The van der Waals surface area contributed by atoms with Crippen molar-refractivity contribution in [3.05, 3.63) is 0 Å². The number of amides is 2. The molecular formula is C12H22N2O3S2. The number of aliphatic carboxylic acids is 1. The van der Waals surface area contributed by atoms with E-state index in [1.807, 2.05) is 6.26 Å². The molecule has 2 unspecified atom stereocenters. The van der Waals surface area contributed by atoms with Crippen molar-refractivity contribution in [3.63, 3.8) is 0 Å². The molecule has 2 atom stereocenters. The minimum absolute atomic E-state index is 0.00432. The number of hydrogen-bond donors (Lipinski definition) is 1. The molecule has 1 aliphatic rings. The van der Waals surface area contributed by atoms with E-state index in [4.69, 9.17) is 0 Å². The summed E-state index contributed by atoms with van der Waals surface area (Å²) in [4.78, 5) is 26.9. The van der Waals surface area contributed by atoms with Crippen LogP contribution >= 0.6 is 23.5 Å². The number of urea groups is 1. The van der Waals surface area contributed by atoms with Gasteiger partial charge in [-0.2, -0.15) is 11.8 Å². The molecule has 1 heterocycles. The maximum absolute atomic E-state index is 12.4. The Morgan fingerprint density at radius 2 is 2.21 bits per heavy atom. The Hall–Kier alpha value is -0.560. The van der Waals surface area contributed by atoms with E-state index in [0.29, 0.717) is 12.3 Å². The predicted octanol–water partition coefficient (Wildman–Crippen LogP) is 2.03. The molecule has 19 heavy (non-hydrogen) atoms. The van der Waals surface area contributed by atoms with Gasteiger partial charge in [0, 0.05) is 25.1 Å². The summed E-state index contributed by atoms with van der Waals surface area (Å²) in [7, 11) is 1.74. The number of thioether (sulfide) groups is 2. The molecule has 0 radical (unpaired) electrons. The summed E-state index contributed by atoms with van der Waals surface area (Å²) >= 11 is 3.25. The molecule has 7 heteroatoms. The molecule has 0 aromatic carbocycles. The molecule has 0 bridgehead atoms. The first-order valence-corrected chi connectivity index (χ1v) is 8.84. The highest BCUT2D eigenvalue weighted by Crippen LogP contribution is 2.33. The average Bonchev–Trinajstić information content (AvgIpc) is 2.79. The van der Waals surface area contributed by atoms with E-state index in [1.165, 1.54) is 0 Å². The summed E-state index contributed by atoms with van der Waals surface area (Å²) in [6, 6.07) is -0.851. The second-order valence-electron chi connectivity index (χ2n) is 4.53. The fourth-order valence-corrected chi connectivity index (χ4v) is 3.96. The summed E-state index contributed by atoms with van der Waals surface area (Å²) in [6.07, 6.45) is 3.78. The van der Waals surface area contributed by atoms with Gasteiger partial charge in [0.1, 0.15) is 6.04 Å². The molecule has 1 fully saturated rings. The zero-order valence-corrected chi connectivity index (χ0v) is 13.3. The topological polar surface area (TPSA) is 60.9 Å². The van der Waals surface area contributed by atoms with Crippen LogP contribution in [0.1, 0.15) is 19.8 Å². The lowest BCUT2D eigenvalue weighted by atomic mass is 10.2. The molecular weight excluding hydrogens is 284 g/mol. The smallest absolute Gasteiger partial charge is 0.327 e. The molecule has 0 saturated carbocycles. The highest BCUT2D eigenvalue weighted by molar-refractivity contribution is 8.00. The second-order valence-corrected chi connectivity index (χ2v) is 6.73. The van der Waals surface area contributed by atoms with Crippen LogP contribution in [-0.4, -0.2) is 69.7 Å². The lowest BCUT2D eigenvalue weighted by Gasteiger charge is -2.31. The lowest BCUT2D eigenvalue weighted by Crippen LogP contribution is -2.51. The Labute approximate surface area is 123 Å². The predicted molar refractivity (Wildman–Crippen MR) is 80.8 cm³/mol. The van der Waals surface area contributed by atoms with Gasteiger partial charge in [0.25, 0.3) is 0 Å².